The molecule has 0 saturated carbocycles. The number of nitrogens with zero attached hydrogens (tertiary/aromatic N) is 4. The molecule has 0 bridgehead atoms. The highest BCUT2D eigenvalue weighted by Gasteiger charge is 2.11. The SMILES string of the molecule is Cn1ccnc1CCn1c(CCCl)nc2cc(Br)ccc21. The maximum absolute atomic E-state index is 5.91. The number of hydrogen-bond donors (Lipinski definition) is 0. The normalized spacial score (nSPS) is 11.4. The van der Waals surface area contributed by atoms with Gasteiger partial charge in [0.15, 0.2) is 0 Å². The van der Waals surface area contributed by atoms with Crippen molar-refractivity contribution in [3.8, 4) is 0 Å². The number of benzene rings is 1. The number of aromatic nitrogens is 4. The number of aryl methyl sites for hydroxylation is 4. The number of alkyl halides is 1. The lowest BCUT2D eigenvalue weighted by Gasteiger charge is -2.08. The summed E-state index contributed by atoms with van der Waals surface area (Å²) in [6.45, 7) is 0.856. The van der Waals surface area contributed by atoms with E-state index in [1.807, 2.05) is 31.6 Å². The van der Waals surface area contributed by atoms with Crippen LogP contribution in [0.2, 0.25) is 0 Å². The monoisotopic (exact) mass is 366 g/mol. The summed E-state index contributed by atoms with van der Waals surface area (Å²) in [6, 6.07) is 6.19. The van der Waals surface area contributed by atoms with Crippen LogP contribution in [0.4, 0.5) is 0 Å². The van der Waals surface area contributed by atoms with Crippen molar-refractivity contribution < 1.29 is 0 Å². The van der Waals surface area contributed by atoms with Crippen LogP contribution in [0.1, 0.15) is 11.6 Å². The summed E-state index contributed by atoms with van der Waals surface area (Å²) in [5, 5.41) is 0. The van der Waals surface area contributed by atoms with E-state index >= 15 is 0 Å². The third kappa shape index (κ3) is 2.99. The van der Waals surface area contributed by atoms with Crippen LogP contribution >= 0.6 is 27.5 Å². The Morgan fingerprint density at radius 2 is 2.10 bits per heavy atom. The second-order valence-electron chi connectivity index (χ2n) is 4.96. The fourth-order valence-corrected chi connectivity index (χ4v) is 3.04. The maximum atomic E-state index is 5.91. The lowest BCUT2D eigenvalue weighted by atomic mass is 10.3. The lowest BCUT2D eigenvalue weighted by molar-refractivity contribution is 0.638. The third-order valence-electron chi connectivity index (χ3n) is 3.59. The zero-order chi connectivity index (χ0) is 14.8. The largest absolute Gasteiger partial charge is 0.338 e. The highest BCUT2D eigenvalue weighted by Crippen LogP contribution is 2.22. The maximum Gasteiger partial charge on any atom is 0.111 e. The first-order valence-electron chi connectivity index (χ1n) is 6.86. The van der Waals surface area contributed by atoms with Crippen LogP contribution in [-0.2, 0) is 26.4 Å². The predicted octanol–water partition coefficient (Wildman–Crippen LogP) is 3.56. The Hall–Kier alpha value is -1.33. The standard InChI is InChI=1S/C15H16BrClN4/c1-20-9-7-18-14(20)5-8-21-13-3-2-11(16)10-12(13)19-15(21)4-6-17/h2-3,7,9-10H,4-6,8H2,1H3. The van der Waals surface area contributed by atoms with Crippen LogP contribution in [0.15, 0.2) is 35.1 Å². The van der Waals surface area contributed by atoms with Gasteiger partial charge in [-0.25, -0.2) is 9.97 Å². The molecule has 0 unspecified atom stereocenters. The number of hydrogen-bond acceptors (Lipinski definition) is 2. The van der Waals surface area contributed by atoms with Crippen molar-refractivity contribution in [1.82, 2.24) is 19.1 Å². The first kappa shape index (κ1) is 14.6. The molecule has 1 aromatic carbocycles. The summed E-state index contributed by atoms with van der Waals surface area (Å²) in [5.41, 5.74) is 2.15. The summed E-state index contributed by atoms with van der Waals surface area (Å²) >= 11 is 9.41. The quantitative estimate of drug-likeness (QED) is 0.646. The van der Waals surface area contributed by atoms with Crippen LogP contribution in [0.3, 0.4) is 0 Å². The second-order valence-corrected chi connectivity index (χ2v) is 6.25. The highest BCUT2D eigenvalue weighted by molar-refractivity contribution is 9.10. The van der Waals surface area contributed by atoms with Gasteiger partial charge in [-0.3, -0.25) is 0 Å². The Bertz CT molecular complexity index is 762. The Morgan fingerprint density at radius 3 is 2.81 bits per heavy atom. The molecule has 0 spiro atoms. The molecular formula is C15H16BrClN4. The minimum absolute atomic E-state index is 0.576. The van der Waals surface area contributed by atoms with Gasteiger partial charge in [-0.1, -0.05) is 15.9 Å². The fourth-order valence-electron chi connectivity index (χ4n) is 2.53. The minimum atomic E-state index is 0.576. The van der Waals surface area contributed by atoms with Crippen LogP contribution in [0, 0.1) is 0 Å². The van der Waals surface area contributed by atoms with Gasteiger partial charge < -0.3 is 9.13 Å². The highest BCUT2D eigenvalue weighted by atomic mass is 79.9. The molecule has 2 heterocycles. The van der Waals surface area contributed by atoms with E-state index in [0.717, 1.165) is 46.5 Å². The number of imidazole rings is 2. The molecule has 0 aliphatic carbocycles. The van der Waals surface area contributed by atoms with E-state index in [1.54, 1.807) is 0 Å². The molecule has 21 heavy (non-hydrogen) atoms. The molecule has 6 heteroatoms. The van der Waals surface area contributed by atoms with Gasteiger partial charge in [0, 0.05) is 49.2 Å². The Morgan fingerprint density at radius 1 is 1.24 bits per heavy atom. The van der Waals surface area contributed by atoms with Gasteiger partial charge in [-0.05, 0) is 18.2 Å². The van der Waals surface area contributed by atoms with Gasteiger partial charge in [0.05, 0.1) is 11.0 Å². The van der Waals surface area contributed by atoms with Crippen molar-refractivity contribution in [2.24, 2.45) is 7.05 Å². The van der Waals surface area contributed by atoms with Gasteiger partial charge in [-0.2, -0.15) is 0 Å². The first-order valence-corrected chi connectivity index (χ1v) is 8.18. The number of halogens is 2. The summed E-state index contributed by atoms with van der Waals surface area (Å²) in [4.78, 5) is 9.09. The summed E-state index contributed by atoms with van der Waals surface area (Å²) in [6.07, 6.45) is 5.45. The minimum Gasteiger partial charge on any atom is -0.338 e. The lowest BCUT2D eigenvalue weighted by Crippen LogP contribution is -2.09. The first-order chi connectivity index (χ1) is 10.2. The van der Waals surface area contributed by atoms with E-state index in [4.69, 9.17) is 16.6 Å². The summed E-state index contributed by atoms with van der Waals surface area (Å²) in [5.74, 6) is 2.69. The molecule has 3 aromatic rings. The van der Waals surface area contributed by atoms with E-state index in [-0.39, 0.29) is 0 Å². The fraction of sp³-hybridized carbons (Fsp3) is 0.333. The van der Waals surface area contributed by atoms with Gasteiger partial charge in [0.25, 0.3) is 0 Å². The van der Waals surface area contributed by atoms with Crippen molar-refractivity contribution in [1.29, 1.82) is 0 Å². The molecular weight excluding hydrogens is 352 g/mol. The zero-order valence-electron chi connectivity index (χ0n) is 11.8. The van der Waals surface area contributed by atoms with E-state index < -0.39 is 0 Å². The summed E-state index contributed by atoms with van der Waals surface area (Å²) in [7, 11) is 2.02. The number of rotatable bonds is 5. The van der Waals surface area contributed by atoms with Crippen molar-refractivity contribution in [3.05, 3.63) is 46.7 Å². The van der Waals surface area contributed by atoms with Crippen LogP contribution in [0.25, 0.3) is 11.0 Å². The molecule has 0 atom stereocenters. The molecule has 4 nitrogen and oxygen atoms in total. The zero-order valence-corrected chi connectivity index (χ0v) is 14.1. The predicted molar refractivity (Wildman–Crippen MR) is 88.8 cm³/mol. The van der Waals surface area contributed by atoms with Gasteiger partial charge in [-0.15, -0.1) is 11.6 Å². The number of fused-ring (bicyclic) bond motifs is 1. The average Bonchev–Trinajstić information content (AvgIpc) is 3.00. The molecule has 0 amide bonds. The smallest absolute Gasteiger partial charge is 0.111 e. The molecule has 0 fully saturated rings. The van der Waals surface area contributed by atoms with Crippen LogP contribution in [-0.4, -0.2) is 25.0 Å². The Labute approximate surface area is 136 Å². The van der Waals surface area contributed by atoms with Crippen LogP contribution in [0.5, 0.6) is 0 Å². The summed E-state index contributed by atoms with van der Waals surface area (Å²) < 4.78 is 5.34. The van der Waals surface area contributed by atoms with Crippen LogP contribution < -0.4 is 0 Å². The Balaban J connectivity index is 1.95. The van der Waals surface area contributed by atoms with E-state index in [2.05, 4.69) is 36.1 Å². The van der Waals surface area contributed by atoms with E-state index in [1.165, 1.54) is 0 Å². The third-order valence-corrected chi connectivity index (χ3v) is 4.27. The van der Waals surface area contributed by atoms with Crippen molar-refractivity contribution in [2.75, 3.05) is 5.88 Å². The van der Waals surface area contributed by atoms with Gasteiger partial charge in [0.1, 0.15) is 11.6 Å². The van der Waals surface area contributed by atoms with Gasteiger partial charge in [0.2, 0.25) is 0 Å². The van der Waals surface area contributed by atoms with E-state index in [9.17, 15) is 0 Å². The second kappa shape index (κ2) is 6.20. The molecule has 0 N–H and O–H groups in total. The molecule has 0 aliphatic heterocycles. The van der Waals surface area contributed by atoms with Crippen molar-refractivity contribution in [2.45, 2.75) is 19.4 Å². The van der Waals surface area contributed by atoms with Crippen molar-refractivity contribution in [3.63, 3.8) is 0 Å². The van der Waals surface area contributed by atoms with Gasteiger partial charge >= 0.3 is 0 Å². The topological polar surface area (TPSA) is 35.6 Å². The van der Waals surface area contributed by atoms with Crippen molar-refractivity contribution >= 4 is 38.6 Å². The molecule has 110 valence electrons. The van der Waals surface area contributed by atoms with E-state index in [0.29, 0.717) is 5.88 Å². The molecule has 0 aliphatic rings. The molecule has 3 rings (SSSR count). The Kier molecular flexibility index (Phi) is 4.31. The average molecular weight is 368 g/mol. The molecule has 2 aromatic heterocycles. The molecule has 0 saturated heterocycles. The molecule has 0 radical (unpaired) electrons.